The third kappa shape index (κ3) is 3.08. The van der Waals surface area contributed by atoms with E-state index in [0.29, 0.717) is 11.2 Å². The predicted octanol–water partition coefficient (Wildman–Crippen LogP) is 2.62. The fourth-order valence-corrected chi connectivity index (χ4v) is 2.57. The number of carbonyl (C=O) groups is 2. The van der Waals surface area contributed by atoms with Crippen LogP contribution < -0.4 is 10.6 Å². The second-order valence-corrected chi connectivity index (χ2v) is 5.95. The second-order valence-electron chi connectivity index (χ2n) is 5.95. The van der Waals surface area contributed by atoms with Crippen LogP contribution in [0.3, 0.4) is 0 Å². The highest BCUT2D eigenvalue weighted by Gasteiger charge is 2.27. The Kier molecular flexibility index (Phi) is 3.68. The average Bonchev–Trinajstić information content (AvgIpc) is 3.33. The molecule has 0 aliphatic heterocycles. The molecule has 0 spiro atoms. The van der Waals surface area contributed by atoms with E-state index in [0.717, 1.165) is 12.8 Å². The molecule has 2 amide bonds. The minimum Gasteiger partial charge on any atom is -0.347 e. The molecule has 1 fully saturated rings. The van der Waals surface area contributed by atoms with E-state index in [-0.39, 0.29) is 29.3 Å². The minimum atomic E-state index is -0.458. The van der Waals surface area contributed by atoms with E-state index in [4.69, 9.17) is 0 Å². The third-order valence-corrected chi connectivity index (χ3v) is 3.98. The topological polar surface area (TPSA) is 75.5 Å². The Morgan fingerprint density at radius 2 is 1.84 bits per heavy atom. The van der Waals surface area contributed by atoms with Crippen LogP contribution in [0.25, 0.3) is 5.52 Å². The van der Waals surface area contributed by atoms with Gasteiger partial charge in [0, 0.05) is 17.9 Å². The van der Waals surface area contributed by atoms with E-state index in [1.54, 1.807) is 28.8 Å². The molecule has 2 N–H and O–H groups in total. The van der Waals surface area contributed by atoms with Gasteiger partial charge in [0.25, 0.3) is 11.8 Å². The van der Waals surface area contributed by atoms with Gasteiger partial charge in [-0.25, -0.2) is 9.37 Å². The van der Waals surface area contributed by atoms with Crippen molar-refractivity contribution in [3.63, 3.8) is 0 Å². The van der Waals surface area contributed by atoms with Gasteiger partial charge in [-0.2, -0.15) is 0 Å². The molecule has 0 atom stereocenters. The zero-order chi connectivity index (χ0) is 17.4. The van der Waals surface area contributed by atoms with Gasteiger partial charge in [-0.15, -0.1) is 0 Å². The fraction of sp³-hybridized carbons (Fsp3) is 0.167. The standard InChI is InChI=1S/C18H15FN4O2/c19-11-4-6-12(7-5-11)20-17(24)15-14-3-1-2-10-23(14)16(22-15)18(25)21-13-8-9-13/h1-7,10,13H,8-9H2,(H,20,24)(H,21,25). The van der Waals surface area contributed by atoms with Crippen LogP contribution in [0.5, 0.6) is 0 Å². The Hall–Kier alpha value is -3.22. The second kappa shape index (κ2) is 6.01. The first kappa shape index (κ1) is 15.3. The summed E-state index contributed by atoms with van der Waals surface area (Å²) >= 11 is 0. The van der Waals surface area contributed by atoms with Crippen molar-refractivity contribution in [3.05, 3.63) is 66.0 Å². The lowest BCUT2D eigenvalue weighted by Gasteiger charge is -2.03. The average molecular weight is 338 g/mol. The largest absolute Gasteiger partial charge is 0.347 e. The number of benzene rings is 1. The Labute approximate surface area is 142 Å². The highest BCUT2D eigenvalue weighted by atomic mass is 19.1. The van der Waals surface area contributed by atoms with Crippen LogP contribution in [0.2, 0.25) is 0 Å². The molecule has 1 aromatic carbocycles. The van der Waals surface area contributed by atoms with Crippen LogP contribution in [0, 0.1) is 5.82 Å². The molecule has 6 nitrogen and oxygen atoms in total. The van der Waals surface area contributed by atoms with E-state index in [1.807, 2.05) is 0 Å². The van der Waals surface area contributed by atoms with Crippen molar-refractivity contribution in [1.29, 1.82) is 0 Å². The third-order valence-electron chi connectivity index (χ3n) is 3.98. The van der Waals surface area contributed by atoms with Gasteiger partial charge in [0.2, 0.25) is 5.82 Å². The van der Waals surface area contributed by atoms with Crippen LogP contribution in [-0.2, 0) is 0 Å². The Morgan fingerprint density at radius 1 is 1.08 bits per heavy atom. The van der Waals surface area contributed by atoms with Gasteiger partial charge >= 0.3 is 0 Å². The summed E-state index contributed by atoms with van der Waals surface area (Å²) in [5.74, 6) is -0.971. The van der Waals surface area contributed by atoms with Crippen molar-refractivity contribution in [2.24, 2.45) is 0 Å². The lowest BCUT2D eigenvalue weighted by atomic mass is 10.2. The molecule has 4 rings (SSSR count). The van der Waals surface area contributed by atoms with Gasteiger partial charge in [0.15, 0.2) is 5.69 Å². The van der Waals surface area contributed by atoms with Crippen molar-refractivity contribution >= 4 is 23.0 Å². The maximum atomic E-state index is 13.0. The quantitative estimate of drug-likeness (QED) is 0.768. The summed E-state index contributed by atoms with van der Waals surface area (Å²) in [6.45, 7) is 0. The molecule has 126 valence electrons. The Balaban J connectivity index is 1.67. The lowest BCUT2D eigenvalue weighted by Crippen LogP contribution is -2.27. The number of amides is 2. The molecule has 25 heavy (non-hydrogen) atoms. The summed E-state index contributed by atoms with van der Waals surface area (Å²) in [4.78, 5) is 29.2. The van der Waals surface area contributed by atoms with E-state index in [1.165, 1.54) is 24.3 Å². The highest BCUT2D eigenvalue weighted by Crippen LogP contribution is 2.20. The molecule has 1 aliphatic rings. The Morgan fingerprint density at radius 3 is 2.56 bits per heavy atom. The summed E-state index contributed by atoms with van der Waals surface area (Å²) in [6.07, 6.45) is 3.62. The number of anilines is 1. The van der Waals surface area contributed by atoms with Crippen molar-refractivity contribution in [2.45, 2.75) is 18.9 Å². The number of hydrogen-bond acceptors (Lipinski definition) is 3. The molecule has 1 saturated carbocycles. The number of aromatic nitrogens is 2. The van der Waals surface area contributed by atoms with Gasteiger partial charge in [-0.1, -0.05) is 6.07 Å². The number of pyridine rings is 1. The normalized spacial score (nSPS) is 13.6. The van der Waals surface area contributed by atoms with Crippen molar-refractivity contribution < 1.29 is 14.0 Å². The van der Waals surface area contributed by atoms with Gasteiger partial charge in [0.05, 0.1) is 5.52 Å². The number of rotatable bonds is 4. The van der Waals surface area contributed by atoms with Crippen LogP contribution >= 0.6 is 0 Å². The summed E-state index contributed by atoms with van der Waals surface area (Å²) in [7, 11) is 0. The first-order chi connectivity index (χ1) is 12.1. The van der Waals surface area contributed by atoms with Gasteiger partial charge in [-0.3, -0.25) is 14.0 Å². The molecular formula is C18H15FN4O2. The number of nitrogens with zero attached hydrogens (tertiary/aromatic N) is 2. The SMILES string of the molecule is O=C(Nc1ccc(F)cc1)c1nc(C(=O)NC2CC2)n2ccccc12. The monoisotopic (exact) mass is 338 g/mol. The van der Waals surface area contributed by atoms with Crippen molar-refractivity contribution in [2.75, 3.05) is 5.32 Å². The van der Waals surface area contributed by atoms with E-state index in [2.05, 4.69) is 15.6 Å². The smallest absolute Gasteiger partial charge is 0.287 e. The van der Waals surface area contributed by atoms with Crippen LogP contribution in [0.15, 0.2) is 48.7 Å². The van der Waals surface area contributed by atoms with Gasteiger partial charge in [0.1, 0.15) is 5.82 Å². The Bertz CT molecular complexity index is 961. The van der Waals surface area contributed by atoms with Crippen LogP contribution in [0.4, 0.5) is 10.1 Å². The van der Waals surface area contributed by atoms with E-state index < -0.39 is 5.91 Å². The van der Waals surface area contributed by atoms with E-state index >= 15 is 0 Å². The molecule has 2 heterocycles. The van der Waals surface area contributed by atoms with Crippen LogP contribution in [0.1, 0.15) is 33.9 Å². The number of carbonyl (C=O) groups excluding carboxylic acids is 2. The number of halogens is 1. The maximum absolute atomic E-state index is 13.0. The molecule has 0 unspecified atom stereocenters. The van der Waals surface area contributed by atoms with Crippen molar-refractivity contribution in [1.82, 2.24) is 14.7 Å². The zero-order valence-electron chi connectivity index (χ0n) is 13.2. The van der Waals surface area contributed by atoms with E-state index in [9.17, 15) is 14.0 Å². The number of imidazole rings is 1. The van der Waals surface area contributed by atoms with Crippen LogP contribution in [-0.4, -0.2) is 27.2 Å². The summed E-state index contributed by atoms with van der Waals surface area (Å²) in [5, 5.41) is 5.54. The number of nitrogens with one attached hydrogen (secondary N) is 2. The lowest BCUT2D eigenvalue weighted by molar-refractivity contribution is 0.0940. The summed E-state index contributed by atoms with van der Waals surface area (Å²) in [5.41, 5.74) is 1.13. The number of hydrogen-bond donors (Lipinski definition) is 2. The fourth-order valence-electron chi connectivity index (χ4n) is 2.57. The molecule has 1 aliphatic carbocycles. The van der Waals surface area contributed by atoms with Crippen molar-refractivity contribution in [3.8, 4) is 0 Å². The molecule has 0 saturated heterocycles. The van der Waals surface area contributed by atoms with Gasteiger partial charge in [-0.05, 0) is 49.2 Å². The number of fused-ring (bicyclic) bond motifs is 1. The molecule has 0 bridgehead atoms. The first-order valence-corrected chi connectivity index (χ1v) is 7.97. The molecule has 0 radical (unpaired) electrons. The zero-order valence-corrected chi connectivity index (χ0v) is 13.2. The highest BCUT2D eigenvalue weighted by molar-refractivity contribution is 6.08. The summed E-state index contributed by atoms with van der Waals surface area (Å²) in [6, 6.07) is 10.9. The summed E-state index contributed by atoms with van der Waals surface area (Å²) < 4.78 is 14.6. The van der Waals surface area contributed by atoms with Gasteiger partial charge < -0.3 is 10.6 Å². The molecular weight excluding hydrogens is 323 g/mol. The predicted molar refractivity (Wildman–Crippen MR) is 90.0 cm³/mol. The maximum Gasteiger partial charge on any atom is 0.287 e. The molecule has 7 heteroatoms. The molecule has 3 aromatic rings. The molecule has 2 aromatic heterocycles. The minimum absolute atomic E-state index is 0.144. The first-order valence-electron chi connectivity index (χ1n) is 7.97.